The number of carbonyl (C=O) groups excluding carboxylic acids is 1. The molecular formula is C16H22N4O3. The Morgan fingerprint density at radius 3 is 2.70 bits per heavy atom. The molecule has 1 atom stereocenters. The first-order valence-corrected chi connectivity index (χ1v) is 7.38. The zero-order valence-corrected chi connectivity index (χ0v) is 13.8. The highest BCUT2D eigenvalue weighted by Gasteiger charge is 2.28. The van der Waals surface area contributed by atoms with Crippen LogP contribution in [0.1, 0.15) is 35.5 Å². The second-order valence-corrected chi connectivity index (χ2v) is 5.73. The maximum Gasteiger partial charge on any atom is 0.315 e. The normalized spacial score (nSPS) is 13.4. The number of hydrogen-bond donors (Lipinski definition) is 3. The number of carbonyl (C=O) groups is 1. The van der Waals surface area contributed by atoms with Gasteiger partial charge in [-0.15, -0.1) is 0 Å². The number of nitrogens with zero attached hydrogens (tertiary/aromatic N) is 2. The van der Waals surface area contributed by atoms with Gasteiger partial charge < -0.3 is 20.2 Å². The predicted octanol–water partition coefficient (Wildman–Crippen LogP) is 1.70. The van der Waals surface area contributed by atoms with Gasteiger partial charge in [0, 0.05) is 11.8 Å². The van der Waals surface area contributed by atoms with E-state index in [1.807, 2.05) is 6.92 Å². The van der Waals surface area contributed by atoms with Crippen LogP contribution >= 0.6 is 0 Å². The van der Waals surface area contributed by atoms with Gasteiger partial charge in [-0.3, -0.25) is 0 Å². The minimum absolute atomic E-state index is 0.0709. The van der Waals surface area contributed by atoms with Gasteiger partial charge in [0.1, 0.15) is 22.9 Å². The quantitative estimate of drug-likeness (QED) is 0.779. The molecule has 2 amide bonds. The summed E-state index contributed by atoms with van der Waals surface area (Å²) in [4.78, 5) is 20.1. The second kappa shape index (κ2) is 6.78. The Bertz CT molecular complexity index is 694. The zero-order valence-electron chi connectivity index (χ0n) is 13.8. The number of furan rings is 1. The summed E-state index contributed by atoms with van der Waals surface area (Å²) in [6.45, 7) is 7.39. The first kappa shape index (κ1) is 17.0. The van der Waals surface area contributed by atoms with Crippen LogP contribution in [0.3, 0.4) is 0 Å². The summed E-state index contributed by atoms with van der Waals surface area (Å²) in [5.41, 5.74) is 0.187. The second-order valence-electron chi connectivity index (χ2n) is 5.73. The molecule has 0 aliphatic rings. The number of aromatic nitrogens is 2. The van der Waals surface area contributed by atoms with E-state index in [1.54, 1.807) is 39.1 Å². The number of amides is 2. The van der Waals surface area contributed by atoms with Crippen molar-refractivity contribution < 1.29 is 14.3 Å². The van der Waals surface area contributed by atoms with Crippen LogP contribution in [0.25, 0.3) is 0 Å². The van der Waals surface area contributed by atoms with E-state index in [1.165, 1.54) is 0 Å². The van der Waals surface area contributed by atoms with Gasteiger partial charge in [-0.2, -0.15) is 0 Å². The number of aliphatic hydroxyl groups is 1. The first-order chi connectivity index (χ1) is 10.8. The van der Waals surface area contributed by atoms with Gasteiger partial charge in [0.05, 0.1) is 18.8 Å². The Kier molecular flexibility index (Phi) is 5.00. The van der Waals surface area contributed by atoms with Crippen molar-refractivity contribution in [2.75, 3.05) is 6.54 Å². The average Bonchev–Trinajstić information content (AvgIpc) is 2.83. The Hall–Kier alpha value is -2.41. The van der Waals surface area contributed by atoms with Gasteiger partial charge in [-0.25, -0.2) is 14.8 Å². The molecule has 2 heterocycles. The van der Waals surface area contributed by atoms with E-state index >= 15 is 0 Å². The highest BCUT2D eigenvalue weighted by molar-refractivity contribution is 5.73. The maximum absolute atomic E-state index is 11.9. The number of rotatable bonds is 5. The summed E-state index contributed by atoms with van der Waals surface area (Å²) in [5.74, 6) is 2.02. The summed E-state index contributed by atoms with van der Waals surface area (Å²) in [7, 11) is 0. The smallest absolute Gasteiger partial charge is 0.315 e. The van der Waals surface area contributed by atoms with E-state index < -0.39 is 5.60 Å². The Balaban J connectivity index is 1.87. The molecule has 0 fully saturated rings. The standard InChI is InChI=1S/C16H22N4O3/c1-10-7-14(11(2)23-10)16(4,22)9-19-15(21)18-8-13-5-6-17-12(3)20-13/h5-7,22H,8-9H2,1-4H3,(H2,18,19,21). The molecule has 2 aromatic rings. The molecule has 0 aliphatic heterocycles. The van der Waals surface area contributed by atoms with Gasteiger partial charge in [-0.1, -0.05) is 0 Å². The summed E-state index contributed by atoms with van der Waals surface area (Å²) in [6.07, 6.45) is 1.64. The molecule has 124 valence electrons. The van der Waals surface area contributed by atoms with E-state index in [0.717, 1.165) is 11.5 Å². The van der Waals surface area contributed by atoms with Crippen LogP contribution in [0.15, 0.2) is 22.7 Å². The Morgan fingerprint density at radius 2 is 2.09 bits per heavy atom. The van der Waals surface area contributed by atoms with Gasteiger partial charge in [0.15, 0.2) is 0 Å². The molecule has 0 saturated heterocycles. The molecule has 0 bridgehead atoms. The Morgan fingerprint density at radius 1 is 1.35 bits per heavy atom. The molecule has 1 unspecified atom stereocenters. The third-order valence-corrected chi connectivity index (χ3v) is 3.48. The van der Waals surface area contributed by atoms with Crippen molar-refractivity contribution in [3.05, 3.63) is 46.9 Å². The minimum atomic E-state index is -1.20. The lowest BCUT2D eigenvalue weighted by Crippen LogP contribution is -2.43. The van der Waals surface area contributed by atoms with Crippen molar-refractivity contribution in [2.45, 2.75) is 39.8 Å². The summed E-state index contributed by atoms with van der Waals surface area (Å²) in [6, 6.07) is 3.14. The van der Waals surface area contributed by atoms with Gasteiger partial charge in [-0.05, 0) is 39.8 Å². The molecule has 0 saturated carbocycles. The van der Waals surface area contributed by atoms with Crippen LogP contribution < -0.4 is 10.6 Å². The van der Waals surface area contributed by atoms with Gasteiger partial charge in [0.25, 0.3) is 0 Å². The SMILES string of the molecule is Cc1nccc(CNC(=O)NCC(C)(O)c2cc(C)oc2C)n1. The lowest BCUT2D eigenvalue weighted by atomic mass is 9.96. The van der Waals surface area contributed by atoms with Crippen LogP contribution in [0, 0.1) is 20.8 Å². The maximum atomic E-state index is 11.9. The predicted molar refractivity (Wildman–Crippen MR) is 84.8 cm³/mol. The fourth-order valence-electron chi connectivity index (χ4n) is 2.35. The van der Waals surface area contributed by atoms with Crippen molar-refractivity contribution in [2.24, 2.45) is 0 Å². The zero-order chi connectivity index (χ0) is 17.0. The molecule has 0 spiro atoms. The summed E-state index contributed by atoms with van der Waals surface area (Å²) >= 11 is 0. The molecule has 0 aromatic carbocycles. The van der Waals surface area contributed by atoms with Crippen molar-refractivity contribution in [1.82, 2.24) is 20.6 Å². The average molecular weight is 318 g/mol. The summed E-state index contributed by atoms with van der Waals surface area (Å²) in [5, 5.41) is 15.9. The third-order valence-electron chi connectivity index (χ3n) is 3.48. The lowest BCUT2D eigenvalue weighted by Gasteiger charge is -2.23. The van der Waals surface area contributed by atoms with E-state index in [0.29, 0.717) is 23.7 Å². The molecule has 7 heteroatoms. The van der Waals surface area contributed by atoms with Gasteiger partial charge in [0.2, 0.25) is 0 Å². The van der Waals surface area contributed by atoms with Crippen LogP contribution in [0.4, 0.5) is 4.79 Å². The number of hydrogen-bond acceptors (Lipinski definition) is 5. The molecular weight excluding hydrogens is 296 g/mol. The van der Waals surface area contributed by atoms with Crippen molar-refractivity contribution in [3.63, 3.8) is 0 Å². The molecule has 23 heavy (non-hydrogen) atoms. The minimum Gasteiger partial charge on any atom is -0.466 e. The lowest BCUT2D eigenvalue weighted by molar-refractivity contribution is 0.0579. The summed E-state index contributed by atoms with van der Waals surface area (Å²) < 4.78 is 5.42. The van der Waals surface area contributed by atoms with Gasteiger partial charge >= 0.3 is 6.03 Å². The van der Waals surface area contributed by atoms with Crippen molar-refractivity contribution in [1.29, 1.82) is 0 Å². The van der Waals surface area contributed by atoms with E-state index in [-0.39, 0.29) is 12.6 Å². The number of urea groups is 1. The van der Waals surface area contributed by atoms with Crippen LogP contribution in [-0.2, 0) is 12.1 Å². The van der Waals surface area contributed by atoms with E-state index in [9.17, 15) is 9.90 Å². The fourth-order valence-corrected chi connectivity index (χ4v) is 2.35. The molecule has 7 nitrogen and oxygen atoms in total. The fraction of sp³-hybridized carbons (Fsp3) is 0.438. The van der Waals surface area contributed by atoms with Crippen molar-refractivity contribution in [3.8, 4) is 0 Å². The molecule has 0 aliphatic carbocycles. The van der Waals surface area contributed by atoms with Crippen LogP contribution in [0.5, 0.6) is 0 Å². The molecule has 2 aromatic heterocycles. The van der Waals surface area contributed by atoms with E-state index in [4.69, 9.17) is 4.42 Å². The van der Waals surface area contributed by atoms with E-state index in [2.05, 4.69) is 20.6 Å². The Labute approximate surface area is 135 Å². The van der Waals surface area contributed by atoms with Crippen molar-refractivity contribution >= 4 is 6.03 Å². The third kappa shape index (κ3) is 4.53. The monoisotopic (exact) mass is 318 g/mol. The van der Waals surface area contributed by atoms with Crippen LogP contribution in [0.2, 0.25) is 0 Å². The molecule has 0 radical (unpaired) electrons. The first-order valence-electron chi connectivity index (χ1n) is 7.38. The largest absolute Gasteiger partial charge is 0.466 e. The number of nitrogens with one attached hydrogen (secondary N) is 2. The highest BCUT2D eigenvalue weighted by atomic mass is 16.3. The highest BCUT2D eigenvalue weighted by Crippen LogP contribution is 2.26. The topological polar surface area (TPSA) is 100 Å². The molecule has 3 N–H and O–H groups in total. The van der Waals surface area contributed by atoms with Crippen LogP contribution in [-0.4, -0.2) is 27.7 Å². The number of aryl methyl sites for hydroxylation is 3. The molecule has 2 rings (SSSR count).